The third kappa shape index (κ3) is 4.63. The van der Waals surface area contributed by atoms with Crippen molar-refractivity contribution in [1.82, 2.24) is 0 Å². The van der Waals surface area contributed by atoms with Gasteiger partial charge >= 0.3 is 0 Å². The van der Waals surface area contributed by atoms with Gasteiger partial charge in [-0.1, -0.05) is 24.3 Å². The first-order chi connectivity index (χ1) is 12.5. The van der Waals surface area contributed by atoms with Crippen LogP contribution in [-0.2, 0) is 9.59 Å². The Morgan fingerprint density at radius 1 is 1.04 bits per heavy atom. The molecule has 0 radical (unpaired) electrons. The molecule has 5 nitrogen and oxygen atoms in total. The normalized spacial score (nSPS) is 10.3. The zero-order chi connectivity index (χ0) is 19.1. The number of carbonyl (C=O) groups is 2. The molecule has 2 rings (SSSR count). The fourth-order valence-corrected chi connectivity index (χ4v) is 2.91. The Labute approximate surface area is 155 Å². The maximum Gasteiger partial charge on any atom is 0.228 e. The highest BCUT2D eigenvalue weighted by atomic mass is 16.5. The summed E-state index contributed by atoms with van der Waals surface area (Å²) in [6, 6.07) is 15.2. The van der Waals surface area contributed by atoms with Crippen LogP contribution in [0.25, 0.3) is 0 Å². The average molecular weight is 354 g/mol. The van der Waals surface area contributed by atoms with Crippen molar-refractivity contribution in [2.45, 2.75) is 27.2 Å². The van der Waals surface area contributed by atoms with E-state index in [1.54, 1.807) is 16.9 Å². The van der Waals surface area contributed by atoms with Crippen molar-refractivity contribution in [2.24, 2.45) is 0 Å². The number of anilines is 2. The Morgan fingerprint density at radius 2 is 1.73 bits per heavy atom. The zero-order valence-corrected chi connectivity index (χ0v) is 15.9. The van der Waals surface area contributed by atoms with E-state index >= 15 is 0 Å². The van der Waals surface area contributed by atoms with Crippen LogP contribution in [-0.4, -0.2) is 32.0 Å². The standard InChI is InChI=1S/C21H26N2O3/c1-5-22(18-9-7-6-8-10-18)21(25)13-14-23(17(3)24)19-15-16(2)11-12-20(19)26-4/h6-12,15H,5,13-14H2,1-4H3. The smallest absolute Gasteiger partial charge is 0.228 e. The number of hydrogen-bond acceptors (Lipinski definition) is 3. The highest BCUT2D eigenvalue weighted by Gasteiger charge is 2.20. The molecule has 0 bridgehead atoms. The predicted octanol–water partition coefficient (Wildman–Crippen LogP) is 3.80. The van der Waals surface area contributed by atoms with Gasteiger partial charge in [-0.15, -0.1) is 0 Å². The molecule has 0 saturated heterocycles. The second-order valence-corrected chi connectivity index (χ2v) is 6.07. The largest absolute Gasteiger partial charge is 0.495 e. The zero-order valence-electron chi connectivity index (χ0n) is 15.9. The molecule has 2 aromatic carbocycles. The van der Waals surface area contributed by atoms with Gasteiger partial charge in [0, 0.05) is 32.1 Å². The fraction of sp³-hybridized carbons (Fsp3) is 0.333. The molecule has 0 spiro atoms. The van der Waals surface area contributed by atoms with Crippen molar-refractivity contribution >= 4 is 23.2 Å². The Kier molecular flexibility index (Phi) is 6.78. The van der Waals surface area contributed by atoms with Crippen molar-refractivity contribution in [3.63, 3.8) is 0 Å². The summed E-state index contributed by atoms with van der Waals surface area (Å²) in [5.74, 6) is 0.481. The van der Waals surface area contributed by atoms with Gasteiger partial charge < -0.3 is 14.5 Å². The van der Waals surface area contributed by atoms with Crippen molar-refractivity contribution < 1.29 is 14.3 Å². The van der Waals surface area contributed by atoms with Crippen LogP contribution in [0, 0.1) is 6.92 Å². The molecule has 0 aliphatic carbocycles. The lowest BCUT2D eigenvalue weighted by Gasteiger charge is -2.26. The molecule has 0 saturated carbocycles. The van der Waals surface area contributed by atoms with Crippen molar-refractivity contribution in [2.75, 3.05) is 30.0 Å². The fourth-order valence-electron chi connectivity index (χ4n) is 2.91. The van der Waals surface area contributed by atoms with E-state index < -0.39 is 0 Å². The van der Waals surface area contributed by atoms with E-state index in [-0.39, 0.29) is 18.2 Å². The molecule has 138 valence electrons. The van der Waals surface area contributed by atoms with Gasteiger partial charge in [0.15, 0.2) is 0 Å². The third-order valence-electron chi connectivity index (χ3n) is 4.24. The second-order valence-electron chi connectivity index (χ2n) is 6.07. The summed E-state index contributed by atoms with van der Waals surface area (Å²) < 4.78 is 5.39. The van der Waals surface area contributed by atoms with Crippen molar-refractivity contribution in [3.8, 4) is 5.75 Å². The minimum Gasteiger partial charge on any atom is -0.495 e. The molecule has 0 aliphatic rings. The maximum atomic E-state index is 12.7. The molecule has 0 aliphatic heterocycles. The van der Waals surface area contributed by atoms with Gasteiger partial charge in [0.2, 0.25) is 11.8 Å². The SMILES string of the molecule is CCN(C(=O)CCN(C(C)=O)c1cc(C)ccc1OC)c1ccccc1. The molecule has 2 amide bonds. The summed E-state index contributed by atoms with van der Waals surface area (Å²) in [4.78, 5) is 28.2. The maximum absolute atomic E-state index is 12.7. The van der Waals surface area contributed by atoms with E-state index in [0.29, 0.717) is 24.5 Å². The van der Waals surface area contributed by atoms with E-state index in [9.17, 15) is 9.59 Å². The predicted molar refractivity (Wildman–Crippen MR) is 105 cm³/mol. The molecule has 0 atom stereocenters. The first-order valence-electron chi connectivity index (χ1n) is 8.76. The number of hydrogen-bond donors (Lipinski definition) is 0. The lowest BCUT2D eigenvalue weighted by Crippen LogP contribution is -2.36. The van der Waals surface area contributed by atoms with Crippen molar-refractivity contribution in [3.05, 3.63) is 54.1 Å². The molecule has 5 heteroatoms. The topological polar surface area (TPSA) is 49.9 Å². The van der Waals surface area contributed by atoms with E-state index in [1.165, 1.54) is 6.92 Å². The molecule has 0 heterocycles. The quantitative estimate of drug-likeness (QED) is 0.760. The van der Waals surface area contributed by atoms with Crippen LogP contribution in [0.4, 0.5) is 11.4 Å². The number of para-hydroxylation sites is 1. The van der Waals surface area contributed by atoms with Crippen LogP contribution in [0.1, 0.15) is 25.8 Å². The van der Waals surface area contributed by atoms with Crippen LogP contribution in [0.3, 0.4) is 0 Å². The summed E-state index contributed by atoms with van der Waals surface area (Å²) >= 11 is 0. The summed E-state index contributed by atoms with van der Waals surface area (Å²) in [7, 11) is 1.58. The molecule has 26 heavy (non-hydrogen) atoms. The molecular formula is C21H26N2O3. The molecule has 0 aromatic heterocycles. The molecule has 0 unspecified atom stereocenters. The van der Waals surface area contributed by atoms with E-state index in [0.717, 1.165) is 11.3 Å². The Morgan fingerprint density at radius 3 is 2.31 bits per heavy atom. The van der Waals surface area contributed by atoms with Crippen LogP contribution in [0.2, 0.25) is 0 Å². The average Bonchev–Trinajstić information content (AvgIpc) is 2.63. The first kappa shape index (κ1) is 19.5. The van der Waals surface area contributed by atoms with E-state index in [1.807, 2.05) is 62.4 Å². The summed E-state index contributed by atoms with van der Waals surface area (Å²) in [5.41, 5.74) is 2.58. The minimum absolute atomic E-state index is 0.0171. The lowest BCUT2D eigenvalue weighted by molar-refractivity contribution is -0.118. The number of ether oxygens (including phenoxy) is 1. The van der Waals surface area contributed by atoms with Gasteiger partial charge in [0.25, 0.3) is 0 Å². The minimum atomic E-state index is -0.121. The van der Waals surface area contributed by atoms with Gasteiger partial charge in [-0.25, -0.2) is 0 Å². The van der Waals surface area contributed by atoms with Gasteiger partial charge in [-0.05, 0) is 43.7 Å². The van der Waals surface area contributed by atoms with Crippen LogP contribution in [0.5, 0.6) is 5.75 Å². The van der Waals surface area contributed by atoms with Crippen LogP contribution >= 0.6 is 0 Å². The highest BCUT2D eigenvalue weighted by molar-refractivity contribution is 5.96. The lowest BCUT2D eigenvalue weighted by atomic mass is 10.1. The molecule has 0 N–H and O–H groups in total. The number of nitrogens with zero attached hydrogens (tertiary/aromatic N) is 2. The van der Waals surface area contributed by atoms with Gasteiger partial charge in [0.05, 0.1) is 12.8 Å². The Bertz CT molecular complexity index is 759. The number of amides is 2. The first-order valence-corrected chi connectivity index (χ1v) is 8.76. The summed E-state index contributed by atoms with van der Waals surface area (Å²) in [6.45, 7) is 6.28. The number of benzene rings is 2. The number of carbonyl (C=O) groups excluding carboxylic acids is 2. The van der Waals surface area contributed by atoms with Gasteiger partial charge in [-0.2, -0.15) is 0 Å². The summed E-state index contributed by atoms with van der Waals surface area (Å²) in [6.07, 6.45) is 0.236. The van der Waals surface area contributed by atoms with E-state index in [4.69, 9.17) is 4.74 Å². The molecular weight excluding hydrogens is 328 g/mol. The third-order valence-corrected chi connectivity index (χ3v) is 4.24. The highest BCUT2D eigenvalue weighted by Crippen LogP contribution is 2.29. The van der Waals surface area contributed by atoms with Gasteiger partial charge in [0.1, 0.15) is 5.75 Å². The molecule has 2 aromatic rings. The van der Waals surface area contributed by atoms with Gasteiger partial charge in [-0.3, -0.25) is 9.59 Å². The number of aryl methyl sites for hydroxylation is 1. The Balaban J connectivity index is 2.17. The summed E-state index contributed by atoms with van der Waals surface area (Å²) in [5, 5.41) is 0. The number of methoxy groups -OCH3 is 1. The number of rotatable bonds is 7. The Hall–Kier alpha value is -2.82. The van der Waals surface area contributed by atoms with Crippen LogP contribution < -0.4 is 14.5 Å². The second kappa shape index (κ2) is 9.04. The molecule has 0 fully saturated rings. The monoisotopic (exact) mass is 354 g/mol. The van der Waals surface area contributed by atoms with Crippen molar-refractivity contribution in [1.29, 1.82) is 0 Å². The van der Waals surface area contributed by atoms with E-state index in [2.05, 4.69) is 0 Å². The van der Waals surface area contributed by atoms with Crippen LogP contribution in [0.15, 0.2) is 48.5 Å².